The standard InChI is InChI=1S/C37H23N5/c1-2-8-24(9-3-1)37-40-35-29-18-20-38-22-31(29)32-23-39-21-19-30(32)36(35)42(37)26-16-14-25(15-17-26)41-33-12-6-4-10-27(33)28-11-5-7-13-34(28)41/h1-23H. The van der Waals surface area contributed by atoms with E-state index in [-0.39, 0.29) is 0 Å². The van der Waals surface area contributed by atoms with Crippen molar-refractivity contribution in [3.05, 3.63) is 140 Å². The highest BCUT2D eigenvalue weighted by atomic mass is 15.1. The summed E-state index contributed by atoms with van der Waals surface area (Å²) in [5, 5.41) is 6.80. The summed E-state index contributed by atoms with van der Waals surface area (Å²) in [6.45, 7) is 0. The van der Waals surface area contributed by atoms with Gasteiger partial charge in [0.2, 0.25) is 0 Å². The van der Waals surface area contributed by atoms with Crippen LogP contribution in [0.25, 0.3) is 77.1 Å². The fourth-order valence-corrected chi connectivity index (χ4v) is 6.47. The van der Waals surface area contributed by atoms with Crippen LogP contribution in [0.5, 0.6) is 0 Å². The molecular weight excluding hydrogens is 514 g/mol. The quantitative estimate of drug-likeness (QED) is 0.212. The molecule has 0 saturated carbocycles. The lowest BCUT2D eigenvalue weighted by atomic mass is 10.0. The van der Waals surface area contributed by atoms with Gasteiger partial charge >= 0.3 is 0 Å². The molecule has 0 fully saturated rings. The third-order valence-electron chi connectivity index (χ3n) is 8.30. The predicted molar refractivity (Wildman–Crippen MR) is 171 cm³/mol. The number of nitrogens with zero attached hydrogens (tertiary/aromatic N) is 5. The number of rotatable bonds is 3. The van der Waals surface area contributed by atoms with E-state index in [0.717, 1.165) is 55.3 Å². The highest BCUT2D eigenvalue weighted by Crippen LogP contribution is 2.39. The van der Waals surface area contributed by atoms with Gasteiger partial charge in [-0.25, -0.2) is 4.98 Å². The van der Waals surface area contributed by atoms with Crippen LogP contribution in [0.3, 0.4) is 0 Å². The summed E-state index contributed by atoms with van der Waals surface area (Å²) in [4.78, 5) is 14.2. The Morgan fingerprint density at radius 3 is 1.64 bits per heavy atom. The maximum absolute atomic E-state index is 5.30. The first-order chi connectivity index (χ1) is 20.9. The number of para-hydroxylation sites is 2. The van der Waals surface area contributed by atoms with Crippen LogP contribution in [0.2, 0.25) is 0 Å². The Balaban J connectivity index is 1.35. The molecule has 0 spiro atoms. The molecule has 0 aliphatic carbocycles. The second-order valence-corrected chi connectivity index (χ2v) is 10.6. The highest BCUT2D eigenvalue weighted by Gasteiger charge is 2.20. The third-order valence-corrected chi connectivity index (χ3v) is 8.30. The Kier molecular flexibility index (Phi) is 4.83. The zero-order chi connectivity index (χ0) is 27.6. The predicted octanol–water partition coefficient (Wildman–Crippen LogP) is 8.89. The highest BCUT2D eigenvalue weighted by molar-refractivity contribution is 6.23. The van der Waals surface area contributed by atoms with E-state index in [2.05, 4.69) is 128 Å². The smallest absolute Gasteiger partial charge is 0.145 e. The summed E-state index contributed by atoms with van der Waals surface area (Å²) in [7, 11) is 0. The molecule has 0 saturated heterocycles. The molecule has 0 aliphatic rings. The Morgan fingerprint density at radius 2 is 0.976 bits per heavy atom. The van der Waals surface area contributed by atoms with Crippen molar-refractivity contribution in [3.8, 4) is 22.8 Å². The summed E-state index contributed by atoms with van der Waals surface area (Å²) >= 11 is 0. The average Bonchev–Trinajstić information content (AvgIpc) is 3.63. The molecule has 0 N–H and O–H groups in total. The van der Waals surface area contributed by atoms with Gasteiger partial charge in [0.1, 0.15) is 5.82 Å². The third kappa shape index (κ3) is 3.22. The van der Waals surface area contributed by atoms with Crippen molar-refractivity contribution in [3.63, 3.8) is 0 Å². The van der Waals surface area contributed by atoms with Crippen LogP contribution >= 0.6 is 0 Å². The van der Waals surface area contributed by atoms with Crippen LogP contribution in [-0.4, -0.2) is 24.1 Å². The molecule has 9 rings (SSSR count). The summed E-state index contributed by atoms with van der Waals surface area (Å²) in [6, 6.07) is 40.6. The lowest BCUT2D eigenvalue weighted by molar-refractivity contribution is 1.10. The van der Waals surface area contributed by atoms with Gasteiger partial charge in [-0.3, -0.25) is 14.5 Å². The number of fused-ring (bicyclic) bond motifs is 9. The lowest BCUT2D eigenvalue weighted by Gasteiger charge is -2.14. The normalized spacial score (nSPS) is 11.8. The molecule has 5 aromatic carbocycles. The van der Waals surface area contributed by atoms with E-state index in [4.69, 9.17) is 4.98 Å². The maximum Gasteiger partial charge on any atom is 0.145 e. The van der Waals surface area contributed by atoms with Gasteiger partial charge < -0.3 is 4.57 Å². The van der Waals surface area contributed by atoms with E-state index >= 15 is 0 Å². The number of hydrogen-bond donors (Lipinski definition) is 0. The van der Waals surface area contributed by atoms with E-state index in [1.807, 2.05) is 30.9 Å². The Labute approximate surface area is 241 Å². The molecule has 4 heterocycles. The Bertz CT molecular complexity index is 2400. The molecule has 42 heavy (non-hydrogen) atoms. The van der Waals surface area contributed by atoms with Gasteiger partial charge in [0.05, 0.1) is 22.1 Å². The minimum atomic E-state index is 0.901. The summed E-state index contributed by atoms with van der Waals surface area (Å²) < 4.78 is 4.64. The zero-order valence-corrected chi connectivity index (χ0v) is 22.5. The van der Waals surface area contributed by atoms with Gasteiger partial charge in [0.15, 0.2) is 0 Å². The monoisotopic (exact) mass is 537 g/mol. The molecule has 4 aromatic heterocycles. The largest absolute Gasteiger partial charge is 0.309 e. The van der Waals surface area contributed by atoms with Gasteiger partial charge in [-0.2, -0.15) is 0 Å². The number of aromatic nitrogens is 5. The van der Waals surface area contributed by atoms with E-state index in [1.54, 1.807) is 0 Å². The molecule has 0 atom stereocenters. The first-order valence-corrected chi connectivity index (χ1v) is 14.0. The first kappa shape index (κ1) is 22.9. The van der Waals surface area contributed by atoms with Crippen LogP contribution in [0.1, 0.15) is 0 Å². The summed E-state index contributed by atoms with van der Waals surface area (Å²) in [5.74, 6) is 0.901. The second-order valence-electron chi connectivity index (χ2n) is 10.6. The number of pyridine rings is 2. The van der Waals surface area contributed by atoms with Gasteiger partial charge in [-0.05, 0) is 48.5 Å². The minimum absolute atomic E-state index is 0.901. The molecular formula is C37H23N5. The topological polar surface area (TPSA) is 48.5 Å². The van der Waals surface area contributed by atoms with Gasteiger partial charge in [0, 0.05) is 74.0 Å². The lowest BCUT2D eigenvalue weighted by Crippen LogP contribution is -2.00. The number of benzene rings is 5. The van der Waals surface area contributed by atoms with E-state index in [0.29, 0.717) is 0 Å². The van der Waals surface area contributed by atoms with E-state index in [9.17, 15) is 0 Å². The summed E-state index contributed by atoms with van der Waals surface area (Å²) in [6.07, 6.45) is 7.55. The van der Waals surface area contributed by atoms with Crippen molar-refractivity contribution < 1.29 is 0 Å². The van der Waals surface area contributed by atoms with Crippen LogP contribution < -0.4 is 0 Å². The van der Waals surface area contributed by atoms with Crippen molar-refractivity contribution >= 4 is 54.4 Å². The average molecular weight is 538 g/mol. The van der Waals surface area contributed by atoms with Crippen LogP contribution in [0, 0.1) is 0 Å². The number of hydrogen-bond acceptors (Lipinski definition) is 3. The fraction of sp³-hybridized carbons (Fsp3) is 0. The van der Waals surface area contributed by atoms with Crippen molar-refractivity contribution in [1.29, 1.82) is 0 Å². The molecule has 5 heteroatoms. The molecule has 0 aliphatic heterocycles. The molecule has 0 radical (unpaired) electrons. The molecule has 0 bridgehead atoms. The maximum atomic E-state index is 5.30. The van der Waals surface area contributed by atoms with Crippen molar-refractivity contribution in [2.75, 3.05) is 0 Å². The summed E-state index contributed by atoms with van der Waals surface area (Å²) in [5.41, 5.74) is 7.64. The van der Waals surface area contributed by atoms with Crippen molar-refractivity contribution in [2.24, 2.45) is 0 Å². The van der Waals surface area contributed by atoms with Crippen LogP contribution in [-0.2, 0) is 0 Å². The fourth-order valence-electron chi connectivity index (χ4n) is 6.47. The zero-order valence-electron chi connectivity index (χ0n) is 22.5. The molecule has 0 amide bonds. The first-order valence-electron chi connectivity index (χ1n) is 14.0. The van der Waals surface area contributed by atoms with Crippen molar-refractivity contribution in [1.82, 2.24) is 24.1 Å². The molecule has 196 valence electrons. The minimum Gasteiger partial charge on any atom is -0.309 e. The SMILES string of the molecule is c1ccc(-c2nc3c4ccncc4c4cnccc4c3n2-c2ccc(-n3c4ccccc4c4ccccc43)cc2)cc1. The van der Waals surface area contributed by atoms with Crippen LogP contribution in [0.15, 0.2) is 140 Å². The molecule has 9 aromatic rings. The Morgan fingerprint density at radius 1 is 0.429 bits per heavy atom. The molecule has 0 unspecified atom stereocenters. The second kappa shape index (κ2) is 8.85. The Hall–Kier alpha value is -5.81. The van der Waals surface area contributed by atoms with Gasteiger partial charge in [-0.1, -0.05) is 66.7 Å². The van der Waals surface area contributed by atoms with E-state index < -0.39 is 0 Å². The van der Waals surface area contributed by atoms with Crippen molar-refractivity contribution in [2.45, 2.75) is 0 Å². The van der Waals surface area contributed by atoms with Crippen LogP contribution in [0.4, 0.5) is 0 Å². The number of imidazole rings is 1. The van der Waals surface area contributed by atoms with E-state index in [1.165, 1.54) is 21.8 Å². The molecule has 5 nitrogen and oxygen atoms in total. The van der Waals surface area contributed by atoms with Gasteiger partial charge in [0.25, 0.3) is 0 Å². The van der Waals surface area contributed by atoms with Gasteiger partial charge in [-0.15, -0.1) is 0 Å².